The number of hydrogen-bond donors (Lipinski definition) is 2. The van der Waals surface area contributed by atoms with Gasteiger partial charge in [0.1, 0.15) is 5.75 Å². The zero-order chi connectivity index (χ0) is 19.2. The van der Waals surface area contributed by atoms with Crippen molar-refractivity contribution in [3.8, 4) is 16.9 Å². The van der Waals surface area contributed by atoms with Crippen LogP contribution in [0.3, 0.4) is 0 Å². The Morgan fingerprint density at radius 3 is 2.39 bits per heavy atom. The third-order valence-corrected chi connectivity index (χ3v) is 5.58. The molecule has 1 fully saturated rings. The van der Waals surface area contributed by atoms with Gasteiger partial charge in [-0.15, -0.1) is 0 Å². The van der Waals surface area contributed by atoms with Crippen molar-refractivity contribution in [3.05, 3.63) is 90.0 Å². The maximum atomic E-state index is 5.50. The average Bonchev–Trinajstić information content (AvgIpc) is 2.79. The molecule has 0 radical (unpaired) electrons. The van der Waals surface area contributed by atoms with Gasteiger partial charge in [0.15, 0.2) is 0 Å². The summed E-state index contributed by atoms with van der Waals surface area (Å²) in [5.74, 6) is 0.947. The Bertz CT molecular complexity index is 877. The van der Waals surface area contributed by atoms with E-state index in [1.807, 2.05) is 12.1 Å². The Balaban J connectivity index is 1.47. The number of nitrogens with one attached hydrogen (secondary N) is 2. The van der Waals surface area contributed by atoms with Crippen LogP contribution in [0.1, 0.15) is 30.0 Å². The fourth-order valence-electron chi connectivity index (χ4n) is 4.06. The van der Waals surface area contributed by atoms with E-state index < -0.39 is 0 Å². The highest BCUT2D eigenvalue weighted by Crippen LogP contribution is 2.27. The van der Waals surface area contributed by atoms with Gasteiger partial charge < -0.3 is 15.4 Å². The summed E-state index contributed by atoms with van der Waals surface area (Å²) in [6.07, 6.45) is 2.37. The van der Waals surface area contributed by atoms with E-state index in [4.69, 9.17) is 4.74 Å². The van der Waals surface area contributed by atoms with E-state index in [9.17, 15) is 0 Å². The molecule has 0 aliphatic carbocycles. The van der Waals surface area contributed by atoms with Gasteiger partial charge in [-0.3, -0.25) is 0 Å². The fourth-order valence-corrected chi connectivity index (χ4v) is 4.06. The van der Waals surface area contributed by atoms with Crippen LogP contribution in [0.2, 0.25) is 0 Å². The van der Waals surface area contributed by atoms with Gasteiger partial charge in [0.25, 0.3) is 0 Å². The smallest absolute Gasteiger partial charge is 0.123 e. The topological polar surface area (TPSA) is 33.3 Å². The number of rotatable bonds is 6. The van der Waals surface area contributed by atoms with Gasteiger partial charge in [-0.2, -0.15) is 0 Å². The normalized spacial score (nSPS) is 19.3. The molecule has 144 valence electrons. The van der Waals surface area contributed by atoms with Crippen LogP contribution in [0.4, 0.5) is 0 Å². The second-order valence-corrected chi connectivity index (χ2v) is 7.36. The number of hydrogen-bond acceptors (Lipinski definition) is 3. The van der Waals surface area contributed by atoms with Crippen LogP contribution in [0.25, 0.3) is 11.1 Å². The molecular weight excluding hydrogens is 344 g/mol. The monoisotopic (exact) mass is 372 g/mol. The third-order valence-electron chi connectivity index (χ3n) is 5.58. The molecule has 0 aromatic heterocycles. The predicted molar refractivity (Wildman–Crippen MR) is 115 cm³/mol. The maximum Gasteiger partial charge on any atom is 0.123 e. The molecule has 1 aliphatic rings. The zero-order valence-corrected chi connectivity index (χ0v) is 16.4. The molecule has 3 heteroatoms. The van der Waals surface area contributed by atoms with E-state index in [0.29, 0.717) is 12.1 Å². The van der Waals surface area contributed by atoms with E-state index in [0.717, 1.165) is 18.8 Å². The van der Waals surface area contributed by atoms with Crippen molar-refractivity contribution in [2.24, 2.45) is 0 Å². The summed E-state index contributed by atoms with van der Waals surface area (Å²) in [4.78, 5) is 0. The van der Waals surface area contributed by atoms with Crippen molar-refractivity contribution >= 4 is 0 Å². The van der Waals surface area contributed by atoms with E-state index in [1.54, 1.807) is 7.11 Å². The Morgan fingerprint density at radius 1 is 0.893 bits per heavy atom. The molecule has 1 aliphatic heterocycles. The van der Waals surface area contributed by atoms with Crippen molar-refractivity contribution in [3.63, 3.8) is 0 Å². The largest absolute Gasteiger partial charge is 0.496 e. The quantitative estimate of drug-likeness (QED) is 0.643. The molecule has 0 spiro atoms. The van der Waals surface area contributed by atoms with Crippen LogP contribution >= 0.6 is 0 Å². The summed E-state index contributed by atoms with van der Waals surface area (Å²) in [6, 6.07) is 28.5. The highest BCUT2D eigenvalue weighted by atomic mass is 16.5. The number of benzene rings is 3. The number of para-hydroxylation sites is 1. The van der Waals surface area contributed by atoms with Gasteiger partial charge in [-0.25, -0.2) is 0 Å². The molecule has 1 saturated heterocycles. The van der Waals surface area contributed by atoms with Gasteiger partial charge in [-0.05, 0) is 42.1 Å². The molecule has 3 aromatic carbocycles. The first-order chi connectivity index (χ1) is 13.8. The third kappa shape index (κ3) is 4.27. The summed E-state index contributed by atoms with van der Waals surface area (Å²) >= 11 is 0. The van der Waals surface area contributed by atoms with Gasteiger partial charge >= 0.3 is 0 Å². The van der Waals surface area contributed by atoms with Gasteiger partial charge in [-0.1, -0.05) is 72.8 Å². The average molecular weight is 373 g/mol. The van der Waals surface area contributed by atoms with E-state index in [1.165, 1.54) is 35.1 Å². The highest BCUT2D eigenvalue weighted by molar-refractivity contribution is 5.63. The van der Waals surface area contributed by atoms with Crippen LogP contribution in [0.5, 0.6) is 5.75 Å². The van der Waals surface area contributed by atoms with Crippen molar-refractivity contribution in [2.75, 3.05) is 13.7 Å². The molecule has 0 saturated carbocycles. The van der Waals surface area contributed by atoms with Crippen LogP contribution in [0.15, 0.2) is 78.9 Å². The minimum Gasteiger partial charge on any atom is -0.496 e. The van der Waals surface area contributed by atoms with Gasteiger partial charge in [0, 0.05) is 24.2 Å². The minimum atomic E-state index is 0.327. The second-order valence-electron chi connectivity index (χ2n) is 7.36. The first-order valence-corrected chi connectivity index (χ1v) is 10.1. The molecule has 0 unspecified atom stereocenters. The lowest BCUT2D eigenvalue weighted by molar-refractivity contribution is 0.303. The van der Waals surface area contributed by atoms with Crippen molar-refractivity contribution in [2.45, 2.75) is 31.5 Å². The Labute approximate surface area is 167 Å². The summed E-state index contributed by atoms with van der Waals surface area (Å²) in [6.45, 7) is 1.88. The first kappa shape index (κ1) is 18.7. The standard InChI is InChI=1S/C25H28N2O/c1-28-24-12-6-5-10-22(24)18-27-23-11-7-17-26-25(23)21-15-13-20(14-16-21)19-8-3-2-4-9-19/h2-6,8-10,12-16,23,25-27H,7,11,17-18H2,1H3/t23-,25-/m0/s1. The summed E-state index contributed by atoms with van der Waals surface area (Å²) in [5.41, 5.74) is 5.07. The Hall–Kier alpha value is -2.62. The Morgan fingerprint density at radius 2 is 1.61 bits per heavy atom. The SMILES string of the molecule is COc1ccccc1CN[C@H]1CCCN[C@H]1c1ccc(-c2ccccc2)cc1. The van der Waals surface area contributed by atoms with Gasteiger partial charge in [0.2, 0.25) is 0 Å². The van der Waals surface area contributed by atoms with Crippen LogP contribution in [0, 0.1) is 0 Å². The van der Waals surface area contributed by atoms with Crippen molar-refractivity contribution in [1.82, 2.24) is 10.6 Å². The Kier molecular flexibility index (Phi) is 6.05. The number of piperidine rings is 1. The number of methoxy groups -OCH3 is 1. The lowest BCUT2D eigenvalue weighted by Gasteiger charge is -2.34. The molecule has 2 N–H and O–H groups in total. The molecular formula is C25H28N2O. The predicted octanol–water partition coefficient (Wildman–Crippen LogP) is 4.95. The van der Waals surface area contributed by atoms with E-state index in [-0.39, 0.29) is 0 Å². The van der Waals surface area contributed by atoms with Crippen molar-refractivity contribution in [1.29, 1.82) is 0 Å². The first-order valence-electron chi connectivity index (χ1n) is 10.1. The van der Waals surface area contributed by atoms with Crippen LogP contribution in [-0.4, -0.2) is 19.7 Å². The molecule has 28 heavy (non-hydrogen) atoms. The molecule has 0 bridgehead atoms. The molecule has 3 aromatic rings. The number of ether oxygens (including phenoxy) is 1. The molecule has 2 atom stereocenters. The van der Waals surface area contributed by atoms with Crippen molar-refractivity contribution < 1.29 is 4.74 Å². The van der Waals surface area contributed by atoms with Crippen LogP contribution < -0.4 is 15.4 Å². The summed E-state index contributed by atoms with van der Waals surface area (Å²) in [5, 5.41) is 7.48. The maximum absolute atomic E-state index is 5.50. The lowest BCUT2D eigenvalue weighted by Crippen LogP contribution is -2.45. The summed E-state index contributed by atoms with van der Waals surface area (Å²) in [7, 11) is 1.73. The van der Waals surface area contributed by atoms with E-state index in [2.05, 4.69) is 77.4 Å². The highest BCUT2D eigenvalue weighted by Gasteiger charge is 2.25. The molecule has 1 heterocycles. The molecule has 3 nitrogen and oxygen atoms in total. The van der Waals surface area contributed by atoms with Gasteiger partial charge in [0.05, 0.1) is 7.11 Å². The van der Waals surface area contributed by atoms with E-state index >= 15 is 0 Å². The minimum absolute atomic E-state index is 0.327. The zero-order valence-electron chi connectivity index (χ0n) is 16.4. The fraction of sp³-hybridized carbons (Fsp3) is 0.280. The lowest BCUT2D eigenvalue weighted by atomic mass is 9.91. The summed E-state index contributed by atoms with van der Waals surface area (Å²) < 4.78 is 5.50. The second kappa shape index (κ2) is 9.05. The van der Waals surface area contributed by atoms with Crippen LogP contribution in [-0.2, 0) is 6.54 Å². The molecule has 4 rings (SSSR count). The molecule has 0 amide bonds.